The Bertz CT molecular complexity index is 117. The van der Waals surface area contributed by atoms with Crippen molar-refractivity contribution in [2.75, 3.05) is 6.61 Å². The lowest BCUT2D eigenvalue weighted by atomic mass is 9.96. The van der Waals surface area contributed by atoms with Gasteiger partial charge in [0.05, 0.1) is 12.7 Å². The fraction of sp³-hybridized carbons (Fsp3) is 0.800. The fourth-order valence-electron chi connectivity index (χ4n) is 0.650. The highest BCUT2D eigenvalue weighted by Gasteiger charge is 2.02. The normalized spacial score (nSPS) is 13.3. The van der Waals surface area contributed by atoms with E-state index in [-0.39, 0.29) is 5.41 Å². The minimum absolute atomic E-state index is 0.278. The molecule has 0 saturated carbocycles. The van der Waals surface area contributed by atoms with Crippen molar-refractivity contribution in [1.29, 1.82) is 0 Å². The topological polar surface area (TPSA) is 9.23 Å². The monoisotopic (exact) mass is 156 g/mol. The first-order chi connectivity index (χ1) is 4.92. The van der Waals surface area contributed by atoms with E-state index in [4.69, 9.17) is 4.74 Å². The zero-order valence-corrected chi connectivity index (χ0v) is 8.35. The molecule has 0 heterocycles. The van der Waals surface area contributed by atoms with Gasteiger partial charge in [0.1, 0.15) is 0 Å². The number of ether oxygens (including phenoxy) is 1. The van der Waals surface area contributed by atoms with E-state index in [0.29, 0.717) is 6.10 Å². The number of hydrogen-bond acceptors (Lipinski definition) is 1. The van der Waals surface area contributed by atoms with E-state index in [0.717, 1.165) is 6.61 Å². The van der Waals surface area contributed by atoms with Gasteiger partial charge in [0.15, 0.2) is 0 Å². The summed E-state index contributed by atoms with van der Waals surface area (Å²) < 4.78 is 5.35. The van der Waals surface area contributed by atoms with Gasteiger partial charge in [-0.3, -0.25) is 0 Å². The second-order valence-corrected chi connectivity index (χ2v) is 4.15. The number of hydrogen-bond donors (Lipinski definition) is 0. The molecule has 1 heteroatoms. The largest absolute Gasteiger partial charge is 0.375 e. The molecule has 1 nitrogen and oxygen atoms in total. The van der Waals surface area contributed by atoms with Crippen LogP contribution in [0.4, 0.5) is 0 Å². The number of allylic oxidation sites excluding steroid dienone is 1. The second-order valence-electron chi connectivity index (χ2n) is 4.15. The van der Waals surface area contributed by atoms with Crippen molar-refractivity contribution in [3.63, 3.8) is 0 Å². The third-order valence-corrected chi connectivity index (χ3v) is 1.14. The maximum absolute atomic E-state index is 5.35. The van der Waals surface area contributed by atoms with E-state index in [1.807, 2.05) is 13.8 Å². The molecule has 0 aliphatic rings. The summed E-state index contributed by atoms with van der Waals surface area (Å²) in [6.45, 7) is 11.4. The van der Waals surface area contributed by atoms with Gasteiger partial charge in [0.2, 0.25) is 0 Å². The Morgan fingerprint density at radius 1 is 1.27 bits per heavy atom. The smallest absolute Gasteiger partial charge is 0.0651 e. The quantitative estimate of drug-likeness (QED) is 0.571. The lowest BCUT2D eigenvalue weighted by Crippen LogP contribution is -2.04. The van der Waals surface area contributed by atoms with Crippen LogP contribution in [0, 0.1) is 5.41 Å². The highest BCUT2D eigenvalue weighted by atomic mass is 16.5. The van der Waals surface area contributed by atoms with Crippen molar-refractivity contribution in [3.8, 4) is 0 Å². The average molecular weight is 156 g/mol. The van der Waals surface area contributed by atoms with Crippen LogP contribution in [0.2, 0.25) is 0 Å². The van der Waals surface area contributed by atoms with E-state index in [1.54, 1.807) is 0 Å². The standard InChI is InChI=1S/C10H20O/c1-9(2)11-8-6-7-10(3,4)5/h6-7,9H,8H2,1-5H3/b7-6+. The fourth-order valence-corrected chi connectivity index (χ4v) is 0.650. The van der Waals surface area contributed by atoms with Gasteiger partial charge in [-0.1, -0.05) is 32.9 Å². The summed E-state index contributed by atoms with van der Waals surface area (Å²) in [6, 6.07) is 0. The van der Waals surface area contributed by atoms with Crippen molar-refractivity contribution in [1.82, 2.24) is 0 Å². The van der Waals surface area contributed by atoms with Gasteiger partial charge < -0.3 is 4.74 Å². The molecule has 0 fully saturated rings. The van der Waals surface area contributed by atoms with Crippen LogP contribution in [-0.4, -0.2) is 12.7 Å². The maximum Gasteiger partial charge on any atom is 0.0651 e. The van der Waals surface area contributed by atoms with E-state index in [9.17, 15) is 0 Å². The van der Waals surface area contributed by atoms with Gasteiger partial charge in [-0.05, 0) is 19.3 Å². The van der Waals surface area contributed by atoms with Gasteiger partial charge in [-0.2, -0.15) is 0 Å². The Balaban J connectivity index is 3.46. The average Bonchev–Trinajstić information content (AvgIpc) is 1.78. The van der Waals surface area contributed by atoms with Crippen LogP contribution in [0.15, 0.2) is 12.2 Å². The Hall–Kier alpha value is -0.300. The molecule has 0 aliphatic heterocycles. The summed E-state index contributed by atoms with van der Waals surface area (Å²) in [5.41, 5.74) is 0.278. The van der Waals surface area contributed by atoms with Crippen molar-refractivity contribution in [3.05, 3.63) is 12.2 Å². The van der Waals surface area contributed by atoms with Crippen LogP contribution in [0.1, 0.15) is 34.6 Å². The van der Waals surface area contributed by atoms with Crippen LogP contribution in [0.5, 0.6) is 0 Å². The first-order valence-electron chi connectivity index (χ1n) is 4.21. The van der Waals surface area contributed by atoms with Crippen LogP contribution in [0.25, 0.3) is 0 Å². The maximum atomic E-state index is 5.35. The molecule has 0 saturated heterocycles. The summed E-state index contributed by atoms with van der Waals surface area (Å²) in [6.07, 6.45) is 4.59. The van der Waals surface area contributed by atoms with Crippen molar-refractivity contribution >= 4 is 0 Å². The third kappa shape index (κ3) is 9.70. The predicted molar refractivity (Wildman–Crippen MR) is 49.7 cm³/mol. The zero-order valence-electron chi connectivity index (χ0n) is 8.35. The van der Waals surface area contributed by atoms with Crippen LogP contribution in [0.3, 0.4) is 0 Å². The minimum atomic E-state index is 0.278. The SMILES string of the molecule is CC(C)OC/C=C/C(C)(C)C. The first kappa shape index (κ1) is 10.7. The summed E-state index contributed by atoms with van der Waals surface area (Å²) >= 11 is 0. The molecule has 0 bridgehead atoms. The summed E-state index contributed by atoms with van der Waals surface area (Å²) in [5.74, 6) is 0. The summed E-state index contributed by atoms with van der Waals surface area (Å²) in [5, 5.41) is 0. The molecule has 0 aliphatic carbocycles. The van der Waals surface area contributed by atoms with Gasteiger partial charge in [-0.25, -0.2) is 0 Å². The van der Waals surface area contributed by atoms with Crippen molar-refractivity contribution < 1.29 is 4.74 Å². The highest BCUT2D eigenvalue weighted by molar-refractivity contribution is 4.91. The third-order valence-electron chi connectivity index (χ3n) is 1.14. The molecule has 11 heavy (non-hydrogen) atoms. The lowest BCUT2D eigenvalue weighted by Gasteiger charge is -2.11. The molecular weight excluding hydrogens is 136 g/mol. The molecule has 0 amide bonds. The molecule has 0 spiro atoms. The van der Waals surface area contributed by atoms with Crippen molar-refractivity contribution in [2.24, 2.45) is 5.41 Å². The van der Waals surface area contributed by atoms with Gasteiger partial charge >= 0.3 is 0 Å². The lowest BCUT2D eigenvalue weighted by molar-refractivity contribution is 0.102. The summed E-state index contributed by atoms with van der Waals surface area (Å²) in [7, 11) is 0. The molecule has 0 aromatic heterocycles. The molecule has 0 radical (unpaired) electrons. The Kier molecular flexibility index (Phi) is 4.43. The van der Waals surface area contributed by atoms with Crippen LogP contribution in [-0.2, 0) is 4.74 Å². The molecule has 0 rings (SSSR count). The molecule has 0 aromatic rings. The molecular formula is C10H20O. The van der Waals surface area contributed by atoms with E-state index in [1.165, 1.54) is 0 Å². The Labute approximate surface area is 70.4 Å². The Morgan fingerprint density at radius 2 is 1.82 bits per heavy atom. The molecule has 0 unspecified atom stereocenters. The van der Waals surface area contributed by atoms with Crippen LogP contribution < -0.4 is 0 Å². The number of rotatable bonds is 3. The van der Waals surface area contributed by atoms with Crippen molar-refractivity contribution in [2.45, 2.75) is 40.7 Å². The molecule has 0 atom stereocenters. The van der Waals surface area contributed by atoms with Crippen LogP contribution >= 0.6 is 0 Å². The van der Waals surface area contributed by atoms with Gasteiger partial charge in [-0.15, -0.1) is 0 Å². The van der Waals surface area contributed by atoms with Gasteiger partial charge in [0.25, 0.3) is 0 Å². The van der Waals surface area contributed by atoms with E-state index in [2.05, 4.69) is 32.9 Å². The summed E-state index contributed by atoms with van der Waals surface area (Å²) in [4.78, 5) is 0. The second kappa shape index (κ2) is 4.55. The molecule has 0 aromatic carbocycles. The Morgan fingerprint density at radius 3 is 2.18 bits per heavy atom. The molecule has 0 N–H and O–H groups in total. The van der Waals surface area contributed by atoms with E-state index < -0.39 is 0 Å². The highest BCUT2D eigenvalue weighted by Crippen LogP contribution is 2.13. The van der Waals surface area contributed by atoms with E-state index >= 15 is 0 Å². The first-order valence-corrected chi connectivity index (χ1v) is 4.21. The van der Waals surface area contributed by atoms with Gasteiger partial charge in [0, 0.05) is 0 Å². The minimum Gasteiger partial charge on any atom is -0.375 e. The molecule has 66 valence electrons. The predicted octanol–water partition coefficient (Wildman–Crippen LogP) is 3.01. The zero-order chi connectivity index (χ0) is 8.91.